The highest BCUT2D eigenvalue weighted by Crippen LogP contribution is 2.37. The highest BCUT2D eigenvalue weighted by atomic mass is 35.5. The van der Waals surface area contributed by atoms with Crippen molar-refractivity contribution in [3.8, 4) is 17.2 Å². The smallest absolute Gasteiger partial charge is 0.180 e. The van der Waals surface area contributed by atoms with Gasteiger partial charge in [0, 0.05) is 12.2 Å². The monoisotopic (exact) mass is 401 g/mol. The van der Waals surface area contributed by atoms with Gasteiger partial charge < -0.3 is 19.9 Å². The van der Waals surface area contributed by atoms with E-state index in [1.165, 1.54) is 12.1 Å². The molecule has 4 nitrogen and oxygen atoms in total. The molecule has 0 bridgehead atoms. The normalized spacial score (nSPS) is 10.5. The minimum Gasteiger partial charge on any atom is -0.508 e. The number of benzene rings is 3. The molecule has 0 aliphatic carbocycles. The molecule has 3 aromatic rings. The van der Waals surface area contributed by atoms with Crippen molar-refractivity contribution >= 4 is 17.3 Å². The second-order valence-electron chi connectivity index (χ2n) is 6.15. The molecule has 2 N–H and O–H groups in total. The molecule has 0 spiro atoms. The van der Waals surface area contributed by atoms with Gasteiger partial charge >= 0.3 is 0 Å². The van der Waals surface area contributed by atoms with Crippen molar-refractivity contribution in [3.05, 3.63) is 82.6 Å². The minimum atomic E-state index is -0.290. The third-order valence-electron chi connectivity index (χ3n) is 4.03. The van der Waals surface area contributed by atoms with Gasteiger partial charge in [0.1, 0.15) is 18.2 Å². The number of anilines is 1. The first kappa shape index (κ1) is 19.8. The molecule has 3 aromatic carbocycles. The molecule has 0 unspecified atom stereocenters. The van der Waals surface area contributed by atoms with Crippen LogP contribution in [0.5, 0.6) is 17.2 Å². The van der Waals surface area contributed by atoms with Gasteiger partial charge in [-0.1, -0.05) is 23.7 Å². The van der Waals surface area contributed by atoms with Crippen LogP contribution in [0.4, 0.5) is 10.1 Å². The number of hydrogen-bond acceptors (Lipinski definition) is 4. The number of ether oxygens (including phenoxy) is 2. The highest BCUT2D eigenvalue weighted by Gasteiger charge is 2.13. The predicted molar refractivity (Wildman–Crippen MR) is 109 cm³/mol. The van der Waals surface area contributed by atoms with Crippen LogP contribution in [0.25, 0.3) is 0 Å². The minimum absolute atomic E-state index is 0.217. The van der Waals surface area contributed by atoms with Crippen molar-refractivity contribution in [1.82, 2.24) is 0 Å². The second-order valence-corrected chi connectivity index (χ2v) is 6.56. The summed E-state index contributed by atoms with van der Waals surface area (Å²) < 4.78 is 24.6. The lowest BCUT2D eigenvalue weighted by Gasteiger charge is -2.16. The zero-order valence-corrected chi connectivity index (χ0v) is 16.2. The molecule has 0 saturated heterocycles. The molecule has 0 heterocycles. The van der Waals surface area contributed by atoms with Gasteiger partial charge in [0.25, 0.3) is 0 Å². The van der Waals surface area contributed by atoms with Crippen molar-refractivity contribution in [3.63, 3.8) is 0 Å². The fourth-order valence-electron chi connectivity index (χ4n) is 2.65. The van der Waals surface area contributed by atoms with Gasteiger partial charge in [0.15, 0.2) is 11.5 Å². The van der Waals surface area contributed by atoms with E-state index in [1.807, 2.05) is 19.1 Å². The fraction of sp³-hybridized carbons (Fsp3) is 0.182. The van der Waals surface area contributed by atoms with Gasteiger partial charge in [-0.05, 0) is 66.6 Å². The summed E-state index contributed by atoms with van der Waals surface area (Å²) in [5.74, 6) is 0.943. The van der Waals surface area contributed by atoms with Crippen molar-refractivity contribution in [2.75, 3.05) is 11.9 Å². The van der Waals surface area contributed by atoms with Gasteiger partial charge in [-0.3, -0.25) is 0 Å². The standard InChI is InChI=1S/C22H21ClFNO3/c1-2-27-21-12-16(13-25-18-7-9-19(26)10-8-18)11-20(23)22(21)28-14-15-3-5-17(24)6-4-15/h3-12,25-26H,2,13-14H2,1H3. The van der Waals surface area contributed by atoms with Crippen LogP contribution in [0.2, 0.25) is 5.02 Å². The predicted octanol–water partition coefficient (Wildman–Crippen LogP) is 5.77. The summed E-state index contributed by atoms with van der Waals surface area (Å²) in [6, 6.07) is 16.6. The van der Waals surface area contributed by atoms with Gasteiger partial charge in [0.05, 0.1) is 11.6 Å². The average Bonchev–Trinajstić information content (AvgIpc) is 2.68. The van der Waals surface area contributed by atoms with E-state index in [-0.39, 0.29) is 18.2 Å². The number of aromatic hydroxyl groups is 1. The lowest BCUT2D eigenvalue weighted by Crippen LogP contribution is -2.04. The molecule has 28 heavy (non-hydrogen) atoms. The SMILES string of the molecule is CCOc1cc(CNc2ccc(O)cc2)cc(Cl)c1OCc1ccc(F)cc1. The Morgan fingerprint density at radius 2 is 1.68 bits per heavy atom. The number of nitrogens with one attached hydrogen (secondary N) is 1. The van der Waals surface area contributed by atoms with E-state index in [4.69, 9.17) is 21.1 Å². The van der Waals surface area contributed by atoms with E-state index in [9.17, 15) is 9.50 Å². The lowest BCUT2D eigenvalue weighted by molar-refractivity contribution is 0.269. The molecule has 0 aliphatic rings. The lowest BCUT2D eigenvalue weighted by atomic mass is 10.2. The molecule has 146 valence electrons. The summed E-state index contributed by atoms with van der Waals surface area (Å²) in [6.45, 7) is 3.14. The molecule has 0 aromatic heterocycles. The van der Waals surface area contributed by atoms with Crippen molar-refractivity contribution in [2.45, 2.75) is 20.1 Å². The summed E-state index contributed by atoms with van der Waals surface area (Å²) >= 11 is 6.44. The molecular formula is C22H21ClFNO3. The van der Waals surface area contributed by atoms with E-state index < -0.39 is 0 Å². The summed E-state index contributed by atoms with van der Waals surface area (Å²) in [5.41, 5.74) is 2.64. The Morgan fingerprint density at radius 3 is 2.36 bits per heavy atom. The molecular weight excluding hydrogens is 381 g/mol. The van der Waals surface area contributed by atoms with Crippen LogP contribution in [-0.2, 0) is 13.2 Å². The fourth-order valence-corrected chi connectivity index (χ4v) is 2.93. The second kappa shape index (κ2) is 9.33. The molecule has 0 radical (unpaired) electrons. The van der Waals surface area contributed by atoms with Crippen LogP contribution >= 0.6 is 11.6 Å². The third kappa shape index (κ3) is 5.30. The summed E-state index contributed by atoms with van der Waals surface area (Å²) in [7, 11) is 0. The van der Waals surface area contributed by atoms with Gasteiger partial charge in [-0.2, -0.15) is 0 Å². The molecule has 0 atom stereocenters. The Bertz CT molecular complexity index is 914. The molecule has 0 amide bonds. The zero-order valence-electron chi connectivity index (χ0n) is 15.4. The quantitative estimate of drug-likeness (QED) is 0.470. The van der Waals surface area contributed by atoms with E-state index in [1.54, 1.807) is 36.4 Å². The summed E-state index contributed by atoms with van der Waals surface area (Å²) in [5, 5.41) is 13.1. The van der Waals surface area contributed by atoms with Gasteiger partial charge in [0.2, 0.25) is 0 Å². The largest absolute Gasteiger partial charge is 0.508 e. The first-order chi connectivity index (χ1) is 13.5. The maximum Gasteiger partial charge on any atom is 0.180 e. The van der Waals surface area contributed by atoms with Crippen LogP contribution in [0.1, 0.15) is 18.1 Å². The maximum absolute atomic E-state index is 13.0. The van der Waals surface area contributed by atoms with Crippen LogP contribution in [-0.4, -0.2) is 11.7 Å². The van der Waals surface area contributed by atoms with Crippen molar-refractivity contribution < 1.29 is 19.0 Å². The zero-order chi connectivity index (χ0) is 19.9. The molecule has 3 rings (SSSR count). The number of phenols is 1. The first-order valence-electron chi connectivity index (χ1n) is 8.90. The molecule has 0 aliphatic heterocycles. The maximum atomic E-state index is 13.0. The van der Waals surface area contributed by atoms with E-state index in [2.05, 4.69) is 5.32 Å². The number of hydrogen-bond donors (Lipinski definition) is 2. The van der Waals surface area contributed by atoms with E-state index in [0.29, 0.717) is 29.7 Å². The Labute approximate surface area is 168 Å². The Balaban J connectivity index is 1.73. The van der Waals surface area contributed by atoms with Crippen molar-refractivity contribution in [1.29, 1.82) is 0 Å². The van der Waals surface area contributed by atoms with Crippen LogP contribution in [0, 0.1) is 5.82 Å². The van der Waals surface area contributed by atoms with E-state index >= 15 is 0 Å². The molecule has 6 heteroatoms. The topological polar surface area (TPSA) is 50.7 Å². The summed E-state index contributed by atoms with van der Waals surface area (Å²) in [4.78, 5) is 0. The van der Waals surface area contributed by atoms with Crippen LogP contribution in [0.3, 0.4) is 0 Å². The van der Waals surface area contributed by atoms with Gasteiger partial charge in [-0.15, -0.1) is 0 Å². The van der Waals surface area contributed by atoms with Crippen molar-refractivity contribution in [2.24, 2.45) is 0 Å². The Hall–Kier alpha value is -2.92. The summed E-state index contributed by atoms with van der Waals surface area (Å²) in [6.07, 6.45) is 0. The molecule has 0 fully saturated rings. The van der Waals surface area contributed by atoms with Crippen LogP contribution in [0.15, 0.2) is 60.7 Å². The average molecular weight is 402 g/mol. The number of rotatable bonds is 8. The first-order valence-corrected chi connectivity index (χ1v) is 9.28. The highest BCUT2D eigenvalue weighted by molar-refractivity contribution is 6.32. The van der Waals surface area contributed by atoms with Gasteiger partial charge in [-0.25, -0.2) is 4.39 Å². The Kier molecular flexibility index (Phi) is 6.61. The number of phenolic OH excluding ortho intramolecular Hbond substituents is 1. The third-order valence-corrected chi connectivity index (χ3v) is 4.31. The van der Waals surface area contributed by atoms with Crippen LogP contribution < -0.4 is 14.8 Å². The Morgan fingerprint density at radius 1 is 0.964 bits per heavy atom. The van der Waals surface area contributed by atoms with E-state index in [0.717, 1.165) is 16.8 Å². The molecule has 0 saturated carbocycles. The number of halogens is 2.